The number of aromatic hydroxyl groups is 1. The molecule has 25 heavy (non-hydrogen) atoms. The van der Waals surface area contributed by atoms with Crippen molar-refractivity contribution in [3.8, 4) is 5.75 Å². The lowest BCUT2D eigenvalue weighted by molar-refractivity contribution is -0.127. The van der Waals surface area contributed by atoms with Crippen LogP contribution in [0.4, 0.5) is 10.5 Å². The highest BCUT2D eigenvalue weighted by atomic mass is 32.2. The van der Waals surface area contributed by atoms with Crippen molar-refractivity contribution in [2.45, 2.75) is 0 Å². The zero-order valence-electron chi connectivity index (χ0n) is 13.0. The molecule has 1 heterocycles. The zero-order valence-corrected chi connectivity index (χ0v) is 13.8. The molecule has 2 aromatic carbocycles. The first-order chi connectivity index (χ1) is 12.0. The SMILES string of the molecule is O=C(CN1C(=O)S/C(=C/c2ccc(O)cc2)C1=O)Nc1ccccc1. The van der Waals surface area contributed by atoms with E-state index in [9.17, 15) is 19.5 Å². The Morgan fingerprint density at radius 1 is 1.08 bits per heavy atom. The first kappa shape index (κ1) is 16.8. The Morgan fingerprint density at radius 2 is 1.76 bits per heavy atom. The number of carbonyl (C=O) groups is 3. The van der Waals surface area contributed by atoms with Crippen LogP contribution in [-0.2, 0) is 9.59 Å². The van der Waals surface area contributed by atoms with E-state index in [4.69, 9.17) is 0 Å². The normalized spacial score (nSPS) is 15.7. The molecule has 3 amide bonds. The monoisotopic (exact) mass is 354 g/mol. The van der Waals surface area contributed by atoms with Gasteiger partial charge in [-0.3, -0.25) is 19.3 Å². The minimum atomic E-state index is -0.508. The zero-order chi connectivity index (χ0) is 17.8. The summed E-state index contributed by atoms with van der Waals surface area (Å²) in [5, 5.41) is 11.4. The number of para-hydroxylation sites is 1. The summed E-state index contributed by atoms with van der Waals surface area (Å²) >= 11 is 0.785. The molecule has 0 unspecified atom stereocenters. The molecule has 2 N–H and O–H groups in total. The van der Waals surface area contributed by atoms with Crippen molar-refractivity contribution in [2.24, 2.45) is 0 Å². The van der Waals surface area contributed by atoms with E-state index < -0.39 is 17.1 Å². The van der Waals surface area contributed by atoms with Crippen LogP contribution in [0.15, 0.2) is 59.5 Å². The maximum absolute atomic E-state index is 12.4. The molecular formula is C18H14N2O4S. The predicted molar refractivity (Wildman–Crippen MR) is 95.9 cm³/mol. The van der Waals surface area contributed by atoms with E-state index in [1.165, 1.54) is 12.1 Å². The number of anilines is 1. The number of hydrogen-bond donors (Lipinski definition) is 2. The predicted octanol–water partition coefficient (Wildman–Crippen LogP) is 3.07. The molecule has 1 fully saturated rings. The van der Waals surface area contributed by atoms with Gasteiger partial charge in [0.1, 0.15) is 12.3 Å². The fourth-order valence-corrected chi connectivity index (χ4v) is 3.06. The van der Waals surface area contributed by atoms with Crippen LogP contribution in [0.2, 0.25) is 0 Å². The average molecular weight is 354 g/mol. The molecule has 1 aliphatic rings. The maximum Gasteiger partial charge on any atom is 0.294 e. The van der Waals surface area contributed by atoms with Gasteiger partial charge in [0.05, 0.1) is 4.91 Å². The van der Waals surface area contributed by atoms with Gasteiger partial charge in [-0.2, -0.15) is 0 Å². The fourth-order valence-electron chi connectivity index (χ4n) is 2.22. The highest BCUT2D eigenvalue weighted by molar-refractivity contribution is 8.18. The lowest BCUT2D eigenvalue weighted by Crippen LogP contribution is -2.36. The van der Waals surface area contributed by atoms with Crippen molar-refractivity contribution in [1.82, 2.24) is 4.90 Å². The number of phenols is 1. The highest BCUT2D eigenvalue weighted by Gasteiger charge is 2.36. The molecule has 0 atom stereocenters. The molecule has 0 radical (unpaired) electrons. The molecule has 2 aromatic rings. The lowest BCUT2D eigenvalue weighted by atomic mass is 10.2. The minimum Gasteiger partial charge on any atom is -0.508 e. The number of benzene rings is 2. The van der Waals surface area contributed by atoms with Gasteiger partial charge in [0.2, 0.25) is 5.91 Å². The van der Waals surface area contributed by atoms with Crippen LogP contribution in [0, 0.1) is 0 Å². The van der Waals surface area contributed by atoms with Gasteiger partial charge < -0.3 is 10.4 Å². The largest absolute Gasteiger partial charge is 0.508 e. The topological polar surface area (TPSA) is 86.7 Å². The van der Waals surface area contributed by atoms with E-state index in [0.717, 1.165) is 16.7 Å². The van der Waals surface area contributed by atoms with Crippen LogP contribution in [0.1, 0.15) is 5.56 Å². The van der Waals surface area contributed by atoms with Gasteiger partial charge in [-0.1, -0.05) is 30.3 Å². The average Bonchev–Trinajstić information content (AvgIpc) is 2.85. The standard InChI is InChI=1S/C18H14N2O4S/c21-14-8-6-12(7-9-14)10-15-17(23)20(18(24)25-15)11-16(22)19-13-4-2-1-3-5-13/h1-10,21H,11H2,(H,19,22)/b15-10+. The number of nitrogens with zero attached hydrogens (tertiary/aromatic N) is 1. The van der Waals surface area contributed by atoms with Crippen LogP contribution in [-0.4, -0.2) is 33.6 Å². The van der Waals surface area contributed by atoms with Crippen LogP contribution in [0.3, 0.4) is 0 Å². The van der Waals surface area contributed by atoms with Gasteiger partial charge in [-0.05, 0) is 47.7 Å². The quantitative estimate of drug-likeness (QED) is 0.824. The van der Waals surface area contributed by atoms with E-state index in [-0.39, 0.29) is 17.2 Å². The smallest absolute Gasteiger partial charge is 0.294 e. The third-order valence-corrected chi connectivity index (χ3v) is 4.33. The Balaban J connectivity index is 1.69. The van der Waals surface area contributed by atoms with Gasteiger partial charge in [0.15, 0.2) is 0 Å². The van der Waals surface area contributed by atoms with Crippen molar-refractivity contribution in [1.29, 1.82) is 0 Å². The number of thioether (sulfide) groups is 1. The van der Waals surface area contributed by atoms with E-state index in [0.29, 0.717) is 11.3 Å². The summed E-state index contributed by atoms with van der Waals surface area (Å²) in [7, 11) is 0. The molecule has 6 nitrogen and oxygen atoms in total. The summed E-state index contributed by atoms with van der Waals surface area (Å²) < 4.78 is 0. The molecular weight excluding hydrogens is 340 g/mol. The summed E-state index contributed by atoms with van der Waals surface area (Å²) in [6.07, 6.45) is 1.56. The summed E-state index contributed by atoms with van der Waals surface area (Å²) in [5.74, 6) is -0.839. The molecule has 0 aromatic heterocycles. The molecule has 1 aliphatic heterocycles. The summed E-state index contributed by atoms with van der Waals surface area (Å²) in [6.45, 7) is -0.341. The molecule has 0 bridgehead atoms. The molecule has 3 rings (SSSR count). The van der Waals surface area contributed by atoms with E-state index in [1.807, 2.05) is 6.07 Å². The highest BCUT2D eigenvalue weighted by Crippen LogP contribution is 2.32. The number of phenolic OH excluding ortho intramolecular Hbond substituents is 1. The van der Waals surface area contributed by atoms with Crippen molar-refractivity contribution in [3.63, 3.8) is 0 Å². The minimum absolute atomic E-state index is 0.114. The Bertz CT molecular complexity index is 847. The summed E-state index contributed by atoms with van der Waals surface area (Å²) in [4.78, 5) is 37.6. The van der Waals surface area contributed by atoms with Gasteiger partial charge in [-0.25, -0.2) is 0 Å². The molecule has 0 aliphatic carbocycles. The van der Waals surface area contributed by atoms with Gasteiger partial charge >= 0.3 is 0 Å². The Hall–Kier alpha value is -3.06. The second-order valence-corrected chi connectivity index (χ2v) is 6.27. The maximum atomic E-state index is 12.4. The van der Waals surface area contributed by atoms with Gasteiger partial charge in [-0.15, -0.1) is 0 Å². The van der Waals surface area contributed by atoms with Gasteiger partial charge in [0.25, 0.3) is 11.1 Å². The molecule has 7 heteroatoms. The summed E-state index contributed by atoms with van der Waals surface area (Å²) in [6, 6.07) is 15.0. The lowest BCUT2D eigenvalue weighted by Gasteiger charge is -2.12. The number of rotatable bonds is 4. The number of nitrogens with one attached hydrogen (secondary N) is 1. The van der Waals surface area contributed by atoms with Crippen molar-refractivity contribution >= 4 is 40.6 Å². The Kier molecular flexibility index (Phi) is 4.85. The third kappa shape index (κ3) is 4.07. The van der Waals surface area contributed by atoms with Crippen LogP contribution < -0.4 is 5.32 Å². The number of amides is 3. The molecule has 126 valence electrons. The van der Waals surface area contributed by atoms with Crippen molar-refractivity contribution in [3.05, 3.63) is 65.1 Å². The molecule has 0 spiro atoms. The summed E-state index contributed by atoms with van der Waals surface area (Å²) in [5.41, 5.74) is 1.27. The van der Waals surface area contributed by atoms with Crippen LogP contribution in [0.25, 0.3) is 6.08 Å². The van der Waals surface area contributed by atoms with Crippen LogP contribution in [0.5, 0.6) is 5.75 Å². The third-order valence-electron chi connectivity index (χ3n) is 3.42. The first-order valence-corrected chi connectivity index (χ1v) is 8.24. The second kappa shape index (κ2) is 7.23. The van der Waals surface area contributed by atoms with E-state index in [1.54, 1.807) is 42.5 Å². The van der Waals surface area contributed by atoms with Crippen LogP contribution >= 0.6 is 11.8 Å². The molecule has 1 saturated heterocycles. The number of hydrogen-bond acceptors (Lipinski definition) is 5. The van der Waals surface area contributed by atoms with E-state index >= 15 is 0 Å². The second-order valence-electron chi connectivity index (χ2n) is 5.27. The fraction of sp³-hybridized carbons (Fsp3) is 0.0556. The number of carbonyl (C=O) groups excluding carboxylic acids is 3. The Morgan fingerprint density at radius 3 is 2.44 bits per heavy atom. The van der Waals surface area contributed by atoms with Crippen molar-refractivity contribution < 1.29 is 19.5 Å². The first-order valence-electron chi connectivity index (χ1n) is 7.42. The van der Waals surface area contributed by atoms with E-state index in [2.05, 4.69) is 5.32 Å². The van der Waals surface area contributed by atoms with Gasteiger partial charge in [0, 0.05) is 5.69 Å². The van der Waals surface area contributed by atoms with Crippen molar-refractivity contribution in [2.75, 3.05) is 11.9 Å². The Labute approximate surface area is 148 Å². The number of imide groups is 1. The molecule has 0 saturated carbocycles.